The maximum atomic E-state index is 11.8. The van der Waals surface area contributed by atoms with Gasteiger partial charge in [-0.25, -0.2) is 0 Å². The summed E-state index contributed by atoms with van der Waals surface area (Å²) < 4.78 is 12.6. The zero-order valence-electron chi connectivity index (χ0n) is 14.6. The molecule has 0 aliphatic carbocycles. The number of carbonyl (C=O) groups is 1. The van der Waals surface area contributed by atoms with Crippen LogP contribution in [-0.2, 0) is 16.1 Å². The lowest BCUT2D eigenvalue weighted by atomic mass is 10.3. The van der Waals surface area contributed by atoms with Gasteiger partial charge in [-0.3, -0.25) is 9.36 Å². The molecule has 1 aliphatic rings. The van der Waals surface area contributed by atoms with Gasteiger partial charge in [0.05, 0.1) is 13.2 Å². The first-order valence-electron chi connectivity index (χ1n) is 8.41. The zero-order chi connectivity index (χ0) is 17.8. The molecule has 0 N–H and O–H groups in total. The van der Waals surface area contributed by atoms with E-state index >= 15 is 0 Å². The summed E-state index contributed by atoms with van der Waals surface area (Å²) >= 11 is 1.38. The third kappa shape index (κ3) is 3.73. The highest BCUT2D eigenvalue weighted by atomic mass is 32.2. The quantitative estimate of drug-likeness (QED) is 0.554. The molecule has 7 nitrogen and oxygen atoms in total. The summed E-state index contributed by atoms with van der Waals surface area (Å²) in [4.78, 5) is 13.9. The van der Waals surface area contributed by atoms with Crippen molar-refractivity contribution in [2.45, 2.75) is 37.7 Å². The Labute approximate surface area is 151 Å². The number of rotatable bonds is 7. The number of nitrogens with zero attached hydrogens (tertiary/aromatic N) is 4. The molecule has 0 spiro atoms. The number of aromatic nitrogens is 3. The highest BCUT2D eigenvalue weighted by Gasteiger charge is 2.28. The zero-order valence-corrected chi connectivity index (χ0v) is 15.5. The van der Waals surface area contributed by atoms with Gasteiger partial charge in [-0.15, -0.1) is 10.2 Å². The van der Waals surface area contributed by atoms with Crippen LogP contribution in [0, 0.1) is 0 Å². The molecule has 2 heterocycles. The van der Waals surface area contributed by atoms with E-state index in [0.717, 1.165) is 35.6 Å². The van der Waals surface area contributed by atoms with E-state index in [-0.39, 0.29) is 11.2 Å². The van der Waals surface area contributed by atoms with Gasteiger partial charge in [-0.05, 0) is 45.0 Å². The van der Waals surface area contributed by atoms with Crippen LogP contribution in [0.4, 0.5) is 11.6 Å². The molecule has 1 unspecified atom stereocenters. The van der Waals surface area contributed by atoms with Gasteiger partial charge in [0.25, 0.3) is 0 Å². The molecule has 1 aromatic carbocycles. The molecule has 0 saturated carbocycles. The average Bonchev–Trinajstić information content (AvgIpc) is 3.19. The Morgan fingerprint density at radius 3 is 2.64 bits per heavy atom. The number of hydrogen-bond donors (Lipinski definition) is 0. The topological polar surface area (TPSA) is 69.5 Å². The molecule has 1 aliphatic heterocycles. The smallest absolute Gasteiger partial charge is 0.319 e. The lowest BCUT2D eigenvalue weighted by Gasteiger charge is -2.15. The first-order valence-corrected chi connectivity index (χ1v) is 9.28. The van der Waals surface area contributed by atoms with Crippen molar-refractivity contribution in [2.24, 2.45) is 0 Å². The van der Waals surface area contributed by atoms with E-state index in [1.807, 2.05) is 42.7 Å². The molecular weight excluding hydrogens is 340 g/mol. The number of benzene rings is 1. The summed E-state index contributed by atoms with van der Waals surface area (Å²) in [6.07, 6.45) is 0. The minimum Gasteiger partial charge on any atom is -0.494 e. The molecule has 2 aromatic rings. The predicted octanol–water partition coefficient (Wildman–Crippen LogP) is 2.87. The van der Waals surface area contributed by atoms with Crippen LogP contribution in [-0.4, -0.2) is 45.7 Å². The highest BCUT2D eigenvalue weighted by molar-refractivity contribution is 8.00. The van der Waals surface area contributed by atoms with Gasteiger partial charge >= 0.3 is 5.97 Å². The number of carbonyl (C=O) groups excluding carboxylic acids is 1. The van der Waals surface area contributed by atoms with E-state index in [1.54, 1.807) is 6.92 Å². The van der Waals surface area contributed by atoms with Gasteiger partial charge in [0.2, 0.25) is 5.95 Å². The third-order valence-electron chi connectivity index (χ3n) is 3.85. The Bertz CT molecular complexity index is 732. The Morgan fingerprint density at radius 2 is 1.96 bits per heavy atom. The van der Waals surface area contributed by atoms with E-state index in [4.69, 9.17) is 9.47 Å². The van der Waals surface area contributed by atoms with Crippen molar-refractivity contribution < 1.29 is 14.3 Å². The second-order valence-electron chi connectivity index (χ2n) is 5.52. The molecule has 0 amide bonds. The minimum absolute atomic E-state index is 0.230. The van der Waals surface area contributed by atoms with Crippen LogP contribution in [0.5, 0.6) is 5.75 Å². The Balaban J connectivity index is 1.73. The fourth-order valence-corrected chi connectivity index (χ4v) is 3.53. The number of esters is 1. The highest BCUT2D eigenvalue weighted by Crippen LogP contribution is 2.34. The van der Waals surface area contributed by atoms with Crippen LogP contribution >= 0.6 is 11.8 Å². The molecule has 0 fully saturated rings. The summed E-state index contributed by atoms with van der Waals surface area (Å²) in [5.74, 6) is 1.42. The molecule has 25 heavy (non-hydrogen) atoms. The van der Waals surface area contributed by atoms with Crippen LogP contribution in [0.2, 0.25) is 0 Å². The van der Waals surface area contributed by atoms with Crippen molar-refractivity contribution in [3.05, 3.63) is 24.3 Å². The van der Waals surface area contributed by atoms with Crippen LogP contribution in [0.3, 0.4) is 0 Å². The van der Waals surface area contributed by atoms with Crippen molar-refractivity contribution in [1.82, 2.24) is 14.8 Å². The van der Waals surface area contributed by atoms with E-state index in [9.17, 15) is 4.79 Å². The van der Waals surface area contributed by atoms with Crippen molar-refractivity contribution in [3.63, 3.8) is 0 Å². The number of ether oxygens (including phenoxy) is 2. The summed E-state index contributed by atoms with van der Waals surface area (Å²) in [6, 6.07) is 7.94. The van der Waals surface area contributed by atoms with E-state index in [2.05, 4.69) is 15.1 Å². The van der Waals surface area contributed by atoms with Crippen molar-refractivity contribution in [3.8, 4) is 5.75 Å². The maximum Gasteiger partial charge on any atom is 0.319 e. The van der Waals surface area contributed by atoms with Crippen LogP contribution in [0.25, 0.3) is 0 Å². The predicted molar refractivity (Wildman–Crippen MR) is 96.6 cm³/mol. The molecule has 1 aromatic heterocycles. The number of anilines is 2. The van der Waals surface area contributed by atoms with Gasteiger partial charge in [-0.2, -0.15) is 0 Å². The summed E-state index contributed by atoms with van der Waals surface area (Å²) in [5.41, 5.74) is 1.05. The van der Waals surface area contributed by atoms with Crippen molar-refractivity contribution in [1.29, 1.82) is 0 Å². The first-order chi connectivity index (χ1) is 12.1. The van der Waals surface area contributed by atoms with Gasteiger partial charge in [0.15, 0.2) is 5.16 Å². The Kier molecular flexibility index (Phi) is 5.47. The number of thioether (sulfide) groups is 1. The standard InChI is InChI=1S/C17H22N4O3S/c1-4-23-14-8-6-13(7-9-14)20-10-11-21-16(20)18-19-17(21)25-12(3)15(22)24-5-2/h6-9,12H,4-5,10-11H2,1-3H3. The van der Waals surface area contributed by atoms with E-state index in [1.165, 1.54) is 11.8 Å². The number of fused-ring (bicyclic) bond motifs is 1. The molecule has 1 atom stereocenters. The van der Waals surface area contributed by atoms with Crippen LogP contribution in [0.1, 0.15) is 20.8 Å². The van der Waals surface area contributed by atoms with Gasteiger partial charge in [-0.1, -0.05) is 11.8 Å². The lowest BCUT2D eigenvalue weighted by Crippen LogP contribution is -2.17. The fraction of sp³-hybridized carbons (Fsp3) is 0.471. The Hall–Kier alpha value is -2.22. The second kappa shape index (κ2) is 7.77. The van der Waals surface area contributed by atoms with E-state index < -0.39 is 0 Å². The normalized spacial score (nSPS) is 14.3. The SMILES string of the molecule is CCOC(=O)C(C)Sc1nnc2n1CCN2c1ccc(OCC)cc1. The largest absolute Gasteiger partial charge is 0.494 e. The van der Waals surface area contributed by atoms with Gasteiger partial charge in [0.1, 0.15) is 11.0 Å². The molecular formula is C17H22N4O3S. The summed E-state index contributed by atoms with van der Waals surface area (Å²) in [5, 5.41) is 8.98. The van der Waals surface area contributed by atoms with E-state index in [0.29, 0.717) is 13.2 Å². The first kappa shape index (κ1) is 17.6. The molecule has 0 radical (unpaired) electrons. The van der Waals surface area contributed by atoms with Crippen LogP contribution < -0.4 is 9.64 Å². The summed E-state index contributed by atoms with van der Waals surface area (Å²) in [6.45, 7) is 8.23. The van der Waals surface area contributed by atoms with Crippen molar-refractivity contribution in [2.75, 3.05) is 24.7 Å². The monoisotopic (exact) mass is 362 g/mol. The van der Waals surface area contributed by atoms with Crippen molar-refractivity contribution >= 4 is 29.4 Å². The molecule has 8 heteroatoms. The van der Waals surface area contributed by atoms with Crippen LogP contribution in [0.15, 0.2) is 29.4 Å². The van der Waals surface area contributed by atoms with Gasteiger partial charge in [0, 0.05) is 18.8 Å². The molecule has 0 saturated heterocycles. The number of hydrogen-bond acceptors (Lipinski definition) is 7. The second-order valence-corrected chi connectivity index (χ2v) is 6.83. The molecule has 3 rings (SSSR count). The van der Waals surface area contributed by atoms with Gasteiger partial charge < -0.3 is 14.4 Å². The average molecular weight is 362 g/mol. The Morgan fingerprint density at radius 1 is 1.20 bits per heavy atom. The summed E-state index contributed by atoms with van der Waals surface area (Å²) in [7, 11) is 0. The fourth-order valence-electron chi connectivity index (χ4n) is 2.66. The maximum absolute atomic E-state index is 11.8. The minimum atomic E-state index is -0.312. The lowest BCUT2D eigenvalue weighted by molar-refractivity contribution is -0.142. The molecule has 134 valence electrons. The third-order valence-corrected chi connectivity index (χ3v) is 4.90. The molecule has 0 bridgehead atoms.